The van der Waals surface area contributed by atoms with Crippen LogP contribution in [0.4, 0.5) is 0 Å². The number of nitrogens with zero attached hydrogens (tertiary/aromatic N) is 2. The van der Waals surface area contributed by atoms with E-state index in [9.17, 15) is 0 Å². The van der Waals surface area contributed by atoms with E-state index in [0.717, 1.165) is 0 Å². The van der Waals surface area contributed by atoms with Crippen molar-refractivity contribution in [2.45, 2.75) is 85.4 Å². The zero-order chi connectivity index (χ0) is 16.8. The van der Waals surface area contributed by atoms with Gasteiger partial charge in [0, 0.05) is 9.52 Å². The molecule has 0 fully saturated rings. The maximum Gasteiger partial charge on any atom is 0.0705 e. The van der Waals surface area contributed by atoms with Gasteiger partial charge in [-0.1, -0.05) is 39.8 Å². The van der Waals surface area contributed by atoms with Crippen LogP contribution in [-0.2, 0) is 0 Å². The minimum Gasteiger partial charge on any atom is -0.286 e. The molecule has 0 aliphatic rings. The second kappa shape index (κ2) is 13.3. The number of rotatable bonds is 14. The SMILES string of the molecule is C/C=C\[SiH2]CCC(C)(N(CCC)CCC)N(CCC)CCC. The minimum atomic E-state index is -0.0221. The van der Waals surface area contributed by atoms with Gasteiger partial charge in [-0.2, -0.15) is 0 Å². The van der Waals surface area contributed by atoms with E-state index >= 15 is 0 Å². The fourth-order valence-corrected chi connectivity index (χ4v) is 4.95. The average Bonchev–Trinajstić information content (AvgIpc) is 2.51. The molecular weight excluding hydrogens is 284 g/mol. The molecule has 0 aliphatic heterocycles. The standard InChI is InChI=1S/C19H42N2Si/c1-7-13-20(14-8-2)19(6,12-18-22-17-11-5)21(15-9-3)16-10-4/h11,17H,7-10,12-16,18,22H2,1-6H3/b17-11-. The lowest BCUT2D eigenvalue weighted by Gasteiger charge is -2.49. The minimum absolute atomic E-state index is 0.0221. The molecule has 0 aliphatic carbocycles. The summed E-state index contributed by atoms with van der Waals surface area (Å²) in [6.07, 6.45) is 8.61. The molecule has 0 unspecified atom stereocenters. The molecule has 0 atom stereocenters. The van der Waals surface area contributed by atoms with Gasteiger partial charge in [0.15, 0.2) is 0 Å². The van der Waals surface area contributed by atoms with Crippen molar-refractivity contribution in [3.05, 3.63) is 11.8 Å². The molecule has 0 aromatic carbocycles. The summed E-state index contributed by atoms with van der Waals surface area (Å²) in [4.78, 5) is 5.56. The van der Waals surface area contributed by atoms with Gasteiger partial charge in [-0.3, -0.25) is 9.80 Å². The summed E-state index contributed by atoms with van der Waals surface area (Å²) in [5.74, 6) is 0. The largest absolute Gasteiger partial charge is 0.286 e. The molecule has 0 bridgehead atoms. The zero-order valence-electron chi connectivity index (χ0n) is 16.3. The Morgan fingerprint density at radius 2 is 1.23 bits per heavy atom. The van der Waals surface area contributed by atoms with Gasteiger partial charge in [0.2, 0.25) is 0 Å². The molecular formula is C19H42N2Si. The van der Waals surface area contributed by atoms with Crippen LogP contribution in [0.1, 0.15) is 73.6 Å². The van der Waals surface area contributed by atoms with Crippen LogP contribution in [0.2, 0.25) is 6.04 Å². The molecule has 0 saturated heterocycles. The smallest absolute Gasteiger partial charge is 0.0705 e. The second-order valence-electron chi connectivity index (χ2n) is 6.65. The van der Waals surface area contributed by atoms with Gasteiger partial charge in [-0.25, -0.2) is 0 Å². The molecule has 0 radical (unpaired) electrons. The molecule has 0 N–H and O–H groups in total. The molecule has 0 aromatic heterocycles. The quantitative estimate of drug-likeness (QED) is 0.264. The van der Waals surface area contributed by atoms with Crippen LogP contribution in [0.3, 0.4) is 0 Å². The first-order valence-electron chi connectivity index (χ1n) is 9.71. The third kappa shape index (κ3) is 7.43. The van der Waals surface area contributed by atoms with E-state index in [1.165, 1.54) is 64.3 Å². The van der Waals surface area contributed by atoms with Gasteiger partial charge in [0.05, 0.1) is 5.66 Å². The summed E-state index contributed by atoms with van der Waals surface area (Å²) in [6, 6.07) is 1.43. The van der Waals surface area contributed by atoms with Crippen molar-refractivity contribution in [1.82, 2.24) is 9.80 Å². The molecule has 132 valence electrons. The fraction of sp³-hybridized carbons (Fsp3) is 0.895. The van der Waals surface area contributed by atoms with E-state index in [1.54, 1.807) is 0 Å². The maximum atomic E-state index is 2.78. The van der Waals surface area contributed by atoms with Crippen LogP contribution in [0.15, 0.2) is 11.8 Å². The lowest BCUT2D eigenvalue weighted by molar-refractivity contribution is -0.0502. The van der Waals surface area contributed by atoms with Crippen molar-refractivity contribution in [2.24, 2.45) is 0 Å². The van der Waals surface area contributed by atoms with Crippen LogP contribution in [0.25, 0.3) is 0 Å². The van der Waals surface area contributed by atoms with Crippen LogP contribution >= 0.6 is 0 Å². The Morgan fingerprint density at radius 1 is 0.818 bits per heavy atom. The lowest BCUT2D eigenvalue weighted by Crippen LogP contribution is -2.59. The van der Waals surface area contributed by atoms with Crippen LogP contribution < -0.4 is 0 Å². The van der Waals surface area contributed by atoms with Gasteiger partial charge in [-0.15, -0.1) is 5.70 Å². The van der Waals surface area contributed by atoms with Crippen molar-refractivity contribution in [3.8, 4) is 0 Å². The van der Waals surface area contributed by atoms with Crippen molar-refractivity contribution in [3.63, 3.8) is 0 Å². The predicted octanol–water partition coefficient (Wildman–Crippen LogP) is 4.46. The van der Waals surface area contributed by atoms with Gasteiger partial charge in [0.25, 0.3) is 0 Å². The summed E-state index contributed by atoms with van der Waals surface area (Å²) < 4.78 is 0. The van der Waals surface area contributed by atoms with Crippen LogP contribution in [0, 0.1) is 0 Å². The first-order valence-corrected chi connectivity index (χ1v) is 11.5. The van der Waals surface area contributed by atoms with E-state index < -0.39 is 0 Å². The van der Waals surface area contributed by atoms with Crippen molar-refractivity contribution in [1.29, 1.82) is 0 Å². The highest BCUT2D eigenvalue weighted by atomic mass is 28.2. The highest BCUT2D eigenvalue weighted by Crippen LogP contribution is 2.28. The number of hydrogen-bond acceptors (Lipinski definition) is 2. The molecule has 3 heteroatoms. The van der Waals surface area contributed by atoms with E-state index in [-0.39, 0.29) is 15.2 Å². The summed E-state index contributed by atoms with van der Waals surface area (Å²) in [6.45, 7) is 18.9. The molecule has 0 amide bonds. The predicted molar refractivity (Wildman–Crippen MR) is 105 cm³/mol. The van der Waals surface area contributed by atoms with E-state index in [1.807, 2.05) is 0 Å². The first-order chi connectivity index (χ1) is 10.6. The Morgan fingerprint density at radius 3 is 1.55 bits per heavy atom. The molecule has 2 nitrogen and oxygen atoms in total. The summed E-state index contributed by atoms with van der Waals surface area (Å²) in [7, 11) is -0.0221. The third-order valence-electron chi connectivity index (χ3n) is 4.59. The van der Waals surface area contributed by atoms with Crippen molar-refractivity contribution < 1.29 is 0 Å². The third-order valence-corrected chi connectivity index (χ3v) is 6.16. The van der Waals surface area contributed by atoms with Gasteiger partial charge in [0.1, 0.15) is 0 Å². The van der Waals surface area contributed by atoms with Crippen LogP contribution in [0.5, 0.6) is 0 Å². The van der Waals surface area contributed by atoms with Crippen molar-refractivity contribution >= 4 is 9.52 Å². The Hall–Kier alpha value is -0.123. The highest BCUT2D eigenvalue weighted by molar-refractivity contribution is 6.41. The topological polar surface area (TPSA) is 6.48 Å². The highest BCUT2D eigenvalue weighted by Gasteiger charge is 2.35. The zero-order valence-corrected chi connectivity index (χ0v) is 17.7. The Labute approximate surface area is 143 Å². The molecule has 0 spiro atoms. The Bertz CT molecular complexity index is 251. The van der Waals surface area contributed by atoms with Gasteiger partial charge in [-0.05, 0) is 72.1 Å². The first kappa shape index (κ1) is 21.9. The summed E-state index contributed by atoms with van der Waals surface area (Å²) >= 11 is 0. The van der Waals surface area contributed by atoms with E-state index in [4.69, 9.17) is 0 Å². The number of allylic oxidation sites excluding steroid dienone is 1. The lowest BCUT2D eigenvalue weighted by atomic mass is 10.0. The van der Waals surface area contributed by atoms with Crippen LogP contribution in [-0.4, -0.2) is 51.2 Å². The molecule has 0 aromatic rings. The summed E-state index contributed by atoms with van der Waals surface area (Å²) in [5.41, 5.74) is 2.71. The normalized spacial score (nSPS) is 13.5. The van der Waals surface area contributed by atoms with E-state index in [2.05, 4.69) is 63.1 Å². The maximum absolute atomic E-state index is 2.78. The Balaban J connectivity index is 5.18. The van der Waals surface area contributed by atoms with Crippen molar-refractivity contribution in [2.75, 3.05) is 26.2 Å². The second-order valence-corrected chi connectivity index (χ2v) is 8.41. The Kier molecular flexibility index (Phi) is 13.3. The fourth-order valence-electron chi connectivity index (χ4n) is 3.50. The number of hydrogen-bond donors (Lipinski definition) is 0. The van der Waals surface area contributed by atoms with Gasteiger partial charge < -0.3 is 0 Å². The van der Waals surface area contributed by atoms with E-state index in [0.29, 0.717) is 0 Å². The summed E-state index contributed by atoms with van der Waals surface area (Å²) in [5, 5.41) is 0. The van der Waals surface area contributed by atoms with Gasteiger partial charge >= 0.3 is 0 Å². The molecule has 0 rings (SSSR count). The molecule has 0 saturated carbocycles. The molecule has 22 heavy (non-hydrogen) atoms. The molecule has 0 heterocycles. The monoisotopic (exact) mass is 326 g/mol. The average molecular weight is 327 g/mol.